The Hall–Kier alpha value is -1.59. The monoisotopic (exact) mass is 320 g/mol. The quantitative estimate of drug-likeness (QED) is 0.780. The first kappa shape index (κ1) is 17.8. The Morgan fingerprint density at radius 3 is 2.65 bits per heavy atom. The average molecular weight is 320 g/mol. The van der Waals surface area contributed by atoms with Gasteiger partial charge in [0.1, 0.15) is 5.60 Å². The first-order valence-electron chi connectivity index (χ1n) is 8.27. The van der Waals surface area contributed by atoms with Gasteiger partial charge in [0.25, 0.3) is 0 Å². The molecule has 0 saturated heterocycles. The van der Waals surface area contributed by atoms with E-state index in [1.165, 1.54) is 5.56 Å². The van der Waals surface area contributed by atoms with Crippen LogP contribution < -0.4 is 10.6 Å². The molecule has 0 heterocycles. The molecule has 1 saturated carbocycles. The van der Waals surface area contributed by atoms with Crippen LogP contribution in [0.5, 0.6) is 0 Å². The lowest BCUT2D eigenvalue weighted by molar-refractivity contribution is 0.0505. The highest BCUT2D eigenvalue weighted by Gasteiger charge is 2.27. The third kappa shape index (κ3) is 6.20. The van der Waals surface area contributed by atoms with Crippen molar-refractivity contribution >= 4 is 6.09 Å². The van der Waals surface area contributed by atoms with Crippen LogP contribution in [0, 0.1) is 0 Å². The van der Waals surface area contributed by atoms with Gasteiger partial charge in [-0.1, -0.05) is 24.3 Å². The smallest absolute Gasteiger partial charge is 0.407 e. The summed E-state index contributed by atoms with van der Waals surface area (Å²) in [5.41, 5.74) is 1.64. The van der Waals surface area contributed by atoms with E-state index in [2.05, 4.69) is 16.7 Å². The number of carbonyl (C=O) groups excluding carboxylic acids is 1. The molecule has 0 aliphatic heterocycles. The number of rotatable bonds is 5. The van der Waals surface area contributed by atoms with E-state index >= 15 is 0 Å². The maximum atomic E-state index is 11.8. The number of ether oxygens (including phenoxy) is 1. The van der Waals surface area contributed by atoms with Crippen molar-refractivity contribution in [1.29, 1.82) is 0 Å². The van der Waals surface area contributed by atoms with Crippen LogP contribution in [-0.2, 0) is 17.9 Å². The number of aliphatic hydroxyl groups is 1. The van der Waals surface area contributed by atoms with Gasteiger partial charge in [-0.05, 0) is 51.2 Å². The number of hydrogen-bond donors (Lipinski definition) is 3. The maximum absolute atomic E-state index is 11.8. The van der Waals surface area contributed by atoms with E-state index < -0.39 is 5.60 Å². The zero-order chi connectivity index (χ0) is 16.9. The summed E-state index contributed by atoms with van der Waals surface area (Å²) < 4.78 is 5.30. The van der Waals surface area contributed by atoms with Gasteiger partial charge in [0.05, 0.1) is 6.61 Å². The highest BCUT2D eigenvalue weighted by Crippen LogP contribution is 2.20. The Bertz CT molecular complexity index is 525. The van der Waals surface area contributed by atoms with Gasteiger partial charge < -0.3 is 20.5 Å². The van der Waals surface area contributed by atoms with Crippen molar-refractivity contribution in [3.05, 3.63) is 35.4 Å². The molecule has 1 aliphatic rings. The predicted octanol–water partition coefficient (Wildman–Crippen LogP) is 2.71. The highest BCUT2D eigenvalue weighted by molar-refractivity contribution is 5.68. The fraction of sp³-hybridized carbons (Fsp3) is 0.611. The van der Waals surface area contributed by atoms with Crippen molar-refractivity contribution in [2.45, 2.75) is 70.9 Å². The standard InChI is InChI=1S/C18H28N2O3/c1-18(2,3)23-17(22)20-16-8-7-15(10-16)19-11-13-5-4-6-14(9-13)12-21/h4-6,9,15-16,19,21H,7-8,10-12H2,1-3H3,(H,20,22). The van der Waals surface area contributed by atoms with E-state index in [0.29, 0.717) is 6.04 Å². The van der Waals surface area contributed by atoms with Crippen LogP contribution in [-0.4, -0.2) is 28.9 Å². The van der Waals surface area contributed by atoms with Gasteiger partial charge in [0.15, 0.2) is 0 Å². The number of alkyl carbamates (subject to hydrolysis) is 1. The van der Waals surface area contributed by atoms with Crippen molar-refractivity contribution in [3.8, 4) is 0 Å². The van der Waals surface area contributed by atoms with Crippen molar-refractivity contribution in [3.63, 3.8) is 0 Å². The second kappa shape index (κ2) is 7.79. The van der Waals surface area contributed by atoms with Crippen LogP contribution in [0.3, 0.4) is 0 Å². The molecule has 1 fully saturated rings. The molecule has 2 rings (SSSR count). The van der Waals surface area contributed by atoms with E-state index in [1.54, 1.807) is 0 Å². The second-order valence-electron chi connectivity index (χ2n) is 7.21. The molecule has 1 aromatic rings. The number of aliphatic hydroxyl groups excluding tert-OH is 1. The molecule has 23 heavy (non-hydrogen) atoms. The maximum Gasteiger partial charge on any atom is 0.407 e. The van der Waals surface area contributed by atoms with Crippen molar-refractivity contribution in [2.24, 2.45) is 0 Å². The molecule has 3 N–H and O–H groups in total. The molecule has 0 aromatic heterocycles. The van der Waals surface area contributed by atoms with Gasteiger partial charge in [0.2, 0.25) is 0 Å². The van der Waals surface area contributed by atoms with Crippen LogP contribution in [0.2, 0.25) is 0 Å². The number of nitrogens with one attached hydrogen (secondary N) is 2. The van der Waals surface area contributed by atoms with Crippen LogP contribution >= 0.6 is 0 Å². The minimum absolute atomic E-state index is 0.0686. The lowest BCUT2D eigenvalue weighted by Crippen LogP contribution is -2.38. The molecule has 128 valence electrons. The number of benzene rings is 1. The molecule has 0 spiro atoms. The summed E-state index contributed by atoms with van der Waals surface area (Å²) in [4.78, 5) is 11.8. The fourth-order valence-electron chi connectivity index (χ4n) is 2.87. The van der Waals surface area contributed by atoms with Crippen molar-refractivity contribution in [2.75, 3.05) is 0 Å². The first-order chi connectivity index (χ1) is 10.9. The normalized spacial score (nSPS) is 21.2. The Morgan fingerprint density at radius 2 is 1.96 bits per heavy atom. The fourth-order valence-corrected chi connectivity index (χ4v) is 2.87. The van der Waals surface area contributed by atoms with Crippen molar-refractivity contribution < 1.29 is 14.6 Å². The Morgan fingerprint density at radius 1 is 1.26 bits per heavy atom. The van der Waals surface area contributed by atoms with Gasteiger partial charge in [-0.15, -0.1) is 0 Å². The van der Waals surface area contributed by atoms with Crippen LogP contribution in [0.4, 0.5) is 4.79 Å². The molecule has 0 radical (unpaired) electrons. The largest absolute Gasteiger partial charge is 0.444 e. The summed E-state index contributed by atoms with van der Waals surface area (Å²) in [5.74, 6) is 0. The molecule has 1 aromatic carbocycles. The number of hydrogen-bond acceptors (Lipinski definition) is 4. The Balaban J connectivity index is 1.74. The lowest BCUT2D eigenvalue weighted by atomic mass is 10.1. The molecule has 5 heteroatoms. The molecular weight excluding hydrogens is 292 g/mol. The SMILES string of the molecule is CC(C)(C)OC(=O)NC1CCC(NCc2cccc(CO)c2)C1. The van der Waals surface area contributed by atoms with Crippen LogP contribution in [0.15, 0.2) is 24.3 Å². The summed E-state index contributed by atoms with van der Waals surface area (Å²) in [6.45, 7) is 6.45. The van der Waals surface area contributed by atoms with Crippen LogP contribution in [0.1, 0.15) is 51.2 Å². The first-order valence-corrected chi connectivity index (χ1v) is 8.27. The molecule has 1 amide bonds. The molecule has 2 unspecified atom stereocenters. The van der Waals surface area contributed by atoms with Gasteiger partial charge in [0, 0.05) is 18.6 Å². The third-order valence-electron chi connectivity index (χ3n) is 3.92. The average Bonchev–Trinajstić information content (AvgIpc) is 2.90. The van der Waals surface area contributed by atoms with Crippen LogP contribution in [0.25, 0.3) is 0 Å². The van der Waals surface area contributed by atoms with Gasteiger partial charge in [-0.3, -0.25) is 0 Å². The third-order valence-corrected chi connectivity index (χ3v) is 3.92. The number of carbonyl (C=O) groups is 1. The van der Waals surface area contributed by atoms with E-state index in [9.17, 15) is 4.79 Å². The van der Waals surface area contributed by atoms with Gasteiger partial charge in [-0.2, -0.15) is 0 Å². The zero-order valence-corrected chi connectivity index (χ0v) is 14.3. The Kier molecular flexibility index (Phi) is 6.02. The minimum Gasteiger partial charge on any atom is -0.444 e. The zero-order valence-electron chi connectivity index (χ0n) is 14.3. The predicted molar refractivity (Wildman–Crippen MR) is 90.0 cm³/mol. The molecule has 5 nitrogen and oxygen atoms in total. The van der Waals surface area contributed by atoms with E-state index in [4.69, 9.17) is 9.84 Å². The van der Waals surface area contributed by atoms with Gasteiger partial charge in [-0.25, -0.2) is 4.79 Å². The summed E-state index contributed by atoms with van der Waals surface area (Å²) in [7, 11) is 0. The summed E-state index contributed by atoms with van der Waals surface area (Å²) in [5, 5.41) is 15.6. The summed E-state index contributed by atoms with van der Waals surface area (Å²) in [6, 6.07) is 8.51. The molecular formula is C18H28N2O3. The lowest BCUT2D eigenvalue weighted by Gasteiger charge is -2.22. The molecule has 2 atom stereocenters. The molecule has 0 bridgehead atoms. The van der Waals surface area contributed by atoms with E-state index in [-0.39, 0.29) is 18.7 Å². The van der Waals surface area contributed by atoms with Crippen molar-refractivity contribution in [1.82, 2.24) is 10.6 Å². The Labute approximate surface area is 138 Å². The summed E-state index contributed by atoms with van der Waals surface area (Å²) >= 11 is 0. The van der Waals surface area contributed by atoms with Gasteiger partial charge >= 0.3 is 6.09 Å². The van der Waals surface area contributed by atoms with E-state index in [0.717, 1.165) is 31.4 Å². The number of amides is 1. The highest BCUT2D eigenvalue weighted by atomic mass is 16.6. The van der Waals surface area contributed by atoms with E-state index in [1.807, 2.05) is 39.0 Å². The molecule has 1 aliphatic carbocycles. The topological polar surface area (TPSA) is 70.6 Å². The minimum atomic E-state index is -0.460. The summed E-state index contributed by atoms with van der Waals surface area (Å²) in [6.07, 6.45) is 2.59. The second-order valence-corrected chi connectivity index (χ2v) is 7.21.